The molecule has 0 saturated carbocycles. The molecule has 3 aromatic heterocycles. The SMILES string of the molecule is COc1ccccc1-c1nccc(COc2ccc(O[Si](C)(C)C(C)(C)C)cc2CC(Oc2ncnc3oc(Br)c(-c4ccc(O[Si](C(C)C)(C(C)C)C(C)C)c(Cl)c4C)c23)C(=O)O)n1. The number of ether oxygens (including phenoxy) is 3. The molecule has 0 radical (unpaired) electrons. The molecule has 346 valence electrons. The monoisotopic (exact) mass is 1000 g/mol. The molecule has 1 N–H and O–H groups in total. The summed E-state index contributed by atoms with van der Waals surface area (Å²) in [7, 11) is -3.03. The number of carboxylic acid groups (broad SMARTS) is 1. The third kappa shape index (κ3) is 10.4. The molecular formula is C49H60BrClN4O8Si2. The Hall–Kier alpha value is -4.97. The molecule has 3 heterocycles. The Labute approximate surface area is 397 Å². The molecule has 12 nitrogen and oxygen atoms in total. The molecule has 6 rings (SSSR count). The fraction of sp³-hybridized carbons (Fsp3) is 0.408. The van der Waals surface area contributed by atoms with Gasteiger partial charge >= 0.3 is 5.97 Å². The van der Waals surface area contributed by atoms with Crippen LogP contribution in [-0.4, -0.2) is 60.9 Å². The molecule has 1 unspecified atom stereocenters. The average molecular weight is 1000 g/mol. The second kappa shape index (κ2) is 19.9. The number of fused-ring (bicyclic) bond motifs is 1. The number of hydrogen-bond donors (Lipinski definition) is 1. The maximum Gasteiger partial charge on any atom is 0.345 e. The van der Waals surface area contributed by atoms with E-state index < -0.39 is 28.7 Å². The zero-order valence-corrected chi connectivity index (χ0v) is 43.8. The lowest BCUT2D eigenvalue weighted by atomic mass is 10.0. The Kier molecular flexibility index (Phi) is 15.1. The number of rotatable bonds is 18. The molecular weight excluding hydrogens is 944 g/mol. The van der Waals surface area contributed by atoms with E-state index in [-0.39, 0.29) is 29.7 Å². The van der Waals surface area contributed by atoms with Crippen LogP contribution in [0.2, 0.25) is 39.8 Å². The summed E-state index contributed by atoms with van der Waals surface area (Å²) in [5, 5.41) is 11.6. The van der Waals surface area contributed by atoms with Gasteiger partial charge in [-0.3, -0.25) is 0 Å². The number of carbonyl (C=O) groups is 1. The van der Waals surface area contributed by atoms with Crippen molar-refractivity contribution in [1.82, 2.24) is 19.9 Å². The maximum atomic E-state index is 13.2. The van der Waals surface area contributed by atoms with Gasteiger partial charge in [-0.15, -0.1) is 0 Å². The van der Waals surface area contributed by atoms with Crippen LogP contribution < -0.4 is 23.1 Å². The van der Waals surface area contributed by atoms with Gasteiger partial charge in [0, 0.05) is 18.2 Å². The number of aliphatic carboxylic acids is 1. The zero-order valence-electron chi connectivity index (χ0n) is 39.5. The first-order valence-corrected chi connectivity index (χ1v) is 28.0. The third-order valence-electron chi connectivity index (χ3n) is 12.6. The second-order valence-corrected chi connectivity index (χ2v) is 29.9. The van der Waals surface area contributed by atoms with Crippen molar-refractivity contribution in [3.63, 3.8) is 0 Å². The van der Waals surface area contributed by atoms with E-state index in [1.165, 1.54) is 6.33 Å². The van der Waals surface area contributed by atoms with Crippen molar-refractivity contribution < 1.29 is 37.4 Å². The molecule has 0 aliphatic rings. The molecule has 0 saturated heterocycles. The molecule has 65 heavy (non-hydrogen) atoms. The van der Waals surface area contributed by atoms with Crippen molar-refractivity contribution in [2.24, 2.45) is 0 Å². The quantitative estimate of drug-likeness (QED) is 0.0817. The molecule has 6 aromatic rings. The second-order valence-electron chi connectivity index (χ2n) is 18.7. The van der Waals surface area contributed by atoms with Gasteiger partial charge in [-0.2, -0.15) is 0 Å². The van der Waals surface area contributed by atoms with Crippen LogP contribution in [0.4, 0.5) is 0 Å². The van der Waals surface area contributed by atoms with Crippen LogP contribution in [0.15, 0.2) is 82.3 Å². The Morgan fingerprint density at radius 3 is 2.20 bits per heavy atom. The molecule has 0 fully saturated rings. The Bertz CT molecular complexity index is 2650. The largest absolute Gasteiger partial charge is 0.543 e. The fourth-order valence-corrected chi connectivity index (χ4v) is 15.3. The van der Waals surface area contributed by atoms with E-state index in [0.717, 1.165) is 16.7 Å². The van der Waals surface area contributed by atoms with E-state index in [1.54, 1.807) is 25.4 Å². The van der Waals surface area contributed by atoms with Crippen LogP contribution in [0.5, 0.6) is 28.9 Å². The number of carboxylic acids is 1. The minimum absolute atomic E-state index is 0.0227. The summed E-state index contributed by atoms with van der Waals surface area (Å²) in [6, 6.07) is 18.6. The van der Waals surface area contributed by atoms with Crippen molar-refractivity contribution in [1.29, 1.82) is 0 Å². The smallest absolute Gasteiger partial charge is 0.345 e. The number of furan rings is 1. The summed E-state index contributed by atoms with van der Waals surface area (Å²) >= 11 is 10.8. The van der Waals surface area contributed by atoms with E-state index in [1.807, 2.05) is 55.5 Å². The number of halogens is 2. The molecule has 16 heteroatoms. The number of aromatic nitrogens is 4. The van der Waals surface area contributed by atoms with E-state index in [9.17, 15) is 9.90 Å². The van der Waals surface area contributed by atoms with Gasteiger partial charge in [0.25, 0.3) is 8.32 Å². The van der Waals surface area contributed by atoms with Crippen molar-refractivity contribution in [3.8, 4) is 51.4 Å². The highest BCUT2D eigenvalue weighted by atomic mass is 79.9. The van der Waals surface area contributed by atoms with Crippen molar-refractivity contribution >= 4 is 61.2 Å². The summed E-state index contributed by atoms with van der Waals surface area (Å²) in [6.45, 7) is 26.2. The predicted octanol–water partition coefficient (Wildman–Crippen LogP) is 13.7. The van der Waals surface area contributed by atoms with Gasteiger partial charge in [0.15, 0.2) is 10.5 Å². The first-order valence-electron chi connectivity index (χ1n) is 21.8. The number of nitrogens with zero attached hydrogens (tertiary/aromatic N) is 4. The molecule has 0 bridgehead atoms. The lowest BCUT2D eigenvalue weighted by Gasteiger charge is -2.42. The lowest BCUT2D eigenvalue weighted by Crippen LogP contribution is -2.50. The number of hydrogen-bond acceptors (Lipinski definition) is 11. The standard InChI is InChI=1S/C49H60BrClN4O8Si2/c1-28(2)65(29(3)4,30(5)6)63-39-21-19-35(31(7)43(39)51)41-42-46(53-27-54-47(42)61-44(41)50)60-40(48(56)57)25-32-24-34(62-64(12,13)49(8,9)10)18-20-37(32)59-26-33-22-23-52-45(55-33)36-16-14-15-17-38(36)58-11/h14-24,27-30,40H,25-26H2,1-13H3,(H,56,57). The predicted molar refractivity (Wildman–Crippen MR) is 265 cm³/mol. The van der Waals surface area contributed by atoms with E-state index in [0.29, 0.717) is 77.3 Å². The zero-order chi connectivity index (χ0) is 47.6. The summed E-state index contributed by atoms with van der Waals surface area (Å²) in [4.78, 5) is 31.3. The van der Waals surface area contributed by atoms with Gasteiger partial charge in [-0.1, -0.05) is 92.1 Å². The fourth-order valence-electron chi connectivity index (χ4n) is 8.23. The molecule has 1 atom stereocenters. The van der Waals surface area contributed by atoms with Gasteiger partial charge < -0.3 is 32.6 Å². The summed E-state index contributed by atoms with van der Waals surface area (Å²) in [6.07, 6.45) is 1.40. The highest BCUT2D eigenvalue weighted by Gasteiger charge is 2.47. The summed E-state index contributed by atoms with van der Waals surface area (Å²) in [5.74, 6) is 1.60. The molecule has 0 aliphatic heterocycles. The molecule has 0 amide bonds. The first kappa shape index (κ1) is 49.5. The van der Waals surface area contributed by atoms with E-state index >= 15 is 0 Å². The van der Waals surface area contributed by atoms with Crippen LogP contribution in [0.3, 0.4) is 0 Å². The Morgan fingerprint density at radius 1 is 0.877 bits per heavy atom. The lowest BCUT2D eigenvalue weighted by molar-refractivity contribution is -0.145. The van der Waals surface area contributed by atoms with E-state index in [2.05, 4.69) is 106 Å². The van der Waals surface area contributed by atoms with E-state index in [4.69, 9.17) is 44.1 Å². The number of methoxy groups -OCH3 is 1. The molecule has 0 aliphatic carbocycles. The summed E-state index contributed by atoms with van der Waals surface area (Å²) < 4.78 is 38.5. The molecule has 0 spiro atoms. The van der Waals surface area contributed by atoms with Crippen LogP contribution in [0.25, 0.3) is 33.6 Å². The van der Waals surface area contributed by atoms with Crippen molar-refractivity contribution in [3.05, 3.63) is 99.7 Å². The Balaban J connectivity index is 1.37. The number of para-hydroxylation sites is 1. The average Bonchev–Trinajstić information content (AvgIpc) is 3.58. The topological polar surface area (TPSA) is 148 Å². The van der Waals surface area contributed by atoms with Crippen LogP contribution in [-0.2, 0) is 17.8 Å². The van der Waals surface area contributed by atoms with Crippen LogP contribution in [0, 0.1) is 6.92 Å². The van der Waals surface area contributed by atoms with Gasteiger partial charge in [0.05, 0.1) is 29.0 Å². The third-order valence-corrected chi connectivity index (χ3v) is 24.0. The first-order chi connectivity index (χ1) is 30.6. The van der Waals surface area contributed by atoms with Gasteiger partial charge in [-0.25, -0.2) is 24.7 Å². The minimum atomic E-state index is -2.33. The molecule has 3 aromatic carbocycles. The number of benzene rings is 3. The van der Waals surface area contributed by atoms with Crippen LogP contribution in [0.1, 0.15) is 79.1 Å². The van der Waals surface area contributed by atoms with Gasteiger partial charge in [0.1, 0.15) is 41.3 Å². The highest BCUT2D eigenvalue weighted by Crippen LogP contribution is 2.49. The highest BCUT2D eigenvalue weighted by molar-refractivity contribution is 9.10. The van der Waals surface area contributed by atoms with Crippen LogP contribution >= 0.6 is 27.5 Å². The Morgan fingerprint density at radius 2 is 1.55 bits per heavy atom. The normalized spacial score (nSPS) is 12.8. The minimum Gasteiger partial charge on any atom is -0.543 e. The van der Waals surface area contributed by atoms with Crippen molar-refractivity contribution in [2.45, 2.75) is 123 Å². The summed E-state index contributed by atoms with van der Waals surface area (Å²) in [5.41, 5.74) is 5.16. The maximum absolute atomic E-state index is 13.2. The van der Waals surface area contributed by atoms with Gasteiger partial charge in [0.2, 0.25) is 26.0 Å². The van der Waals surface area contributed by atoms with Gasteiger partial charge in [-0.05, 0) is 111 Å². The van der Waals surface area contributed by atoms with Crippen molar-refractivity contribution in [2.75, 3.05) is 7.11 Å².